The van der Waals surface area contributed by atoms with E-state index in [1.54, 1.807) is 36.6 Å². The van der Waals surface area contributed by atoms with Crippen molar-refractivity contribution in [3.05, 3.63) is 99.4 Å². The van der Waals surface area contributed by atoms with Crippen molar-refractivity contribution in [2.24, 2.45) is 4.99 Å². The van der Waals surface area contributed by atoms with Crippen LogP contribution in [0.5, 0.6) is 5.75 Å². The Bertz CT molecular complexity index is 1980. The summed E-state index contributed by atoms with van der Waals surface area (Å²) in [5.74, 6) is 1.39. The van der Waals surface area contributed by atoms with Gasteiger partial charge in [0.1, 0.15) is 17.6 Å². The molecule has 10 nitrogen and oxygen atoms in total. The molecule has 3 aromatic carbocycles. The molecule has 1 aliphatic rings. The molecule has 5 aromatic rings. The maximum atomic E-state index is 13.3. The number of nitrogens with zero attached hydrogens (tertiary/aromatic N) is 4. The SMILES string of the molecule is COc1ccc2c(c1)C(c1ccc(Cl)cc1)=NC(CC(=O)NCCNC(=O)c1ccc3scc([Si](C)(C)O)c3c1)c1nnc(C)n1-2. The second kappa shape index (κ2) is 12.8. The normalized spacial score (nSPS) is 14.2. The molecule has 1 atom stereocenters. The number of aliphatic imine (C=N–C) groups is 1. The van der Waals surface area contributed by atoms with Gasteiger partial charge in [0.05, 0.1) is 24.9 Å². The number of amides is 2. The predicted octanol–water partition coefficient (Wildman–Crippen LogP) is 4.69. The van der Waals surface area contributed by atoms with Crippen molar-refractivity contribution in [1.29, 1.82) is 0 Å². The van der Waals surface area contributed by atoms with E-state index < -0.39 is 14.4 Å². The molecule has 6 rings (SSSR count). The number of aryl methyl sites for hydroxylation is 1. The fraction of sp³-hybridized carbons (Fsp3) is 0.242. The fourth-order valence-electron chi connectivity index (χ4n) is 5.55. The van der Waals surface area contributed by atoms with Crippen LogP contribution in [0.1, 0.15) is 45.6 Å². The first kappa shape index (κ1) is 31.6. The summed E-state index contributed by atoms with van der Waals surface area (Å²) in [6.07, 6.45) is 0.0206. The average molecular weight is 673 g/mol. The first-order chi connectivity index (χ1) is 22.0. The molecule has 13 heteroatoms. The third kappa shape index (κ3) is 6.34. The van der Waals surface area contributed by atoms with Gasteiger partial charge in [0, 0.05) is 39.5 Å². The maximum Gasteiger partial charge on any atom is 0.251 e. The molecule has 0 saturated carbocycles. The van der Waals surface area contributed by atoms with E-state index in [9.17, 15) is 14.4 Å². The standard InChI is InChI=1S/C33H33ClN6O4SSi/c1-19-38-39-32-26(37-31(20-5-8-22(34)9-6-20)24-16-23(44-2)10-11-27(24)40(19)32)17-30(41)35-13-14-36-33(42)21-7-12-28-25(15-21)29(18-45-28)46(3,4)43/h5-12,15-16,18,26,43H,13-14,17H2,1-4H3,(H,35,41)(H,36,42). The summed E-state index contributed by atoms with van der Waals surface area (Å²) < 4.78 is 8.49. The molecular formula is C33H33ClN6O4SSi. The lowest BCUT2D eigenvalue weighted by molar-refractivity contribution is -0.121. The van der Waals surface area contributed by atoms with Crippen LogP contribution in [-0.4, -0.2) is 65.6 Å². The Kier molecular flexibility index (Phi) is 8.79. The number of nitrogens with one attached hydrogen (secondary N) is 2. The van der Waals surface area contributed by atoms with Gasteiger partial charge in [-0.05, 0) is 84.5 Å². The van der Waals surface area contributed by atoms with Crippen molar-refractivity contribution in [1.82, 2.24) is 25.4 Å². The van der Waals surface area contributed by atoms with E-state index in [-0.39, 0.29) is 31.3 Å². The Hall–Kier alpha value is -4.36. The number of rotatable bonds is 9. The van der Waals surface area contributed by atoms with Crippen LogP contribution < -0.4 is 20.6 Å². The lowest BCUT2D eigenvalue weighted by Crippen LogP contribution is -2.40. The molecule has 0 fully saturated rings. The number of hydrogen-bond acceptors (Lipinski definition) is 8. The second-order valence-corrected chi connectivity index (χ2v) is 16.6. The molecular weight excluding hydrogens is 640 g/mol. The van der Waals surface area contributed by atoms with Crippen LogP contribution >= 0.6 is 22.9 Å². The van der Waals surface area contributed by atoms with Crippen molar-refractivity contribution < 1.29 is 19.1 Å². The van der Waals surface area contributed by atoms with Gasteiger partial charge in [-0.25, -0.2) is 0 Å². The molecule has 0 aliphatic carbocycles. The van der Waals surface area contributed by atoms with Crippen LogP contribution in [0, 0.1) is 6.92 Å². The molecule has 0 radical (unpaired) electrons. The lowest BCUT2D eigenvalue weighted by Gasteiger charge is -2.14. The summed E-state index contributed by atoms with van der Waals surface area (Å²) in [7, 11) is -0.926. The summed E-state index contributed by atoms with van der Waals surface area (Å²) in [6, 6.07) is 18.0. The summed E-state index contributed by atoms with van der Waals surface area (Å²) in [4.78, 5) is 41.9. The van der Waals surface area contributed by atoms with Crippen molar-refractivity contribution in [2.45, 2.75) is 32.5 Å². The van der Waals surface area contributed by atoms with E-state index in [0.717, 1.165) is 32.1 Å². The Balaban J connectivity index is 1.18. The number of carbonyl (C=O) groups is 2. The van der Waals surface area contributed by atoms with E-state index >= 15 is 0 Å². The molecule has 46 heavy (non-hydrogen) atoms. The monoisotopic (exact) mass is 672 g/mol. The summed E-state index contributed by atoms with van der Waals surface area (Å²) in [5.41, 5.74) is 3.66. The van der Waals surface area contributed by atoms with E-state index in [1.165, 1.54) is 0 Å². The van der Waals surface area contributed by atoms with Gasteiger partial charge in [-0.3, -0.25) is 19.1 Å². The summed E-state index contributed by atoms with van der Waals surface area (Å²) in [6.45, 7) is 6.06. The number of ether oxygens (including phenoxy) is 1. The number of aromatic nitrogens is 3. The Morgan fingerprint density at radius 1 is 1.04 bits per heavy atom. The van der Waals surface area contributed by atoms with Gasteiger partial charge in [0.15, 0.2) is 5.82 Å². The fourth-order valence-corrected chi connectivity index (χ4v) is 8.78. The van der Waals surface area contributed by atoms with Crippen molar-refractivity contribution in [2.75, 3.05) is 20.2 Å². The number of thiophene rings is 1. The zero-order valence-corrected chi connectivity index (χ0v) is 28.4. The molecule has 2 aromatic heterocycles. The van der Waals surface area contributed by atoms with E-state index in [2.05, 4.69) is 20.8 Å². The van der Waals surface area contributed by atoms with Gasteiger partial charge in [-0.15, -0.1) is 21.5 Å². The number of fused-ring (bicyclic) bond motifs is 4. The molecule has 1 aliphatic heterocycles. The van der Waals surface area contributed by atoms with E-state index in [0.29, 0.717) is 33.7 Å². The van der Waals surface area contributed by atoms with E-state index in [1.807, 2.05) is 72.4 Å². The maximum absolute atomic E-state index is 13.3. The number of benzene rings is 3. The first-order valence-electron chi connectivity index (χ1n) is 14.8. The zero-order valence-electron chi connectivity index (χ0n) is 25.8. The third-order valence-corrected chi connectivity index (χ3v) is 11.0. The third-order valence-electron chi connectivity index (χ3n) is 7.86. The minimum Gasteiger partial charge on any atom is -0.497 e. The highest BCUT2D eigenvalue weighted by Gasteiger charge is 2.30. The second-order valence-electron chi connectivity index (χ2n) is 11.6. The molecule has 2 amide bonds. The lowest BCUT2D eigenvalue weighted by atomic mass is 10.00. The zero-order chi connectivity index (χ0) is 32.6. The minimum absolute atomic E-state index is 0.0206. The van der Waals surface area contributed by atoms with Crippen LogP contribution in [0.4, 0.5) is 0 Å². The molecule has 3 heterocycles. The smallest absolute Gasteiger partial charge is 0.251 e. The van der Waals surface area contributed by atoms with Crippen LogP contribution in [0.2, 0.25) is 18.1 Å². The molecule has 0 spiro atoms. The Labute approximate surface area is 276 Å². The molecule has 0 bridgehead atoms. The van der Waals surface area contributed by atoms with Crippen LogP contribution in [0.25, 0.3) is 15.8 Å². The highest BCUT2D eigenvalue weighted by atomic mass is 35.5. The van der Waals surface area contributed by atoms with Gasteiger partial charge in [0.25, 0.3) is 5.91 Å². The number of halogens is 1. The number of methoxy groups -OCH3 is 1. The molecule has 3 N–H and O–H groups in total. The predicted molar refractivity (Wildman–Crippen MR) is 184 cm³/mol. The largest absolute Gasteiger partial charge is 0.497 e. The van der Waals surface area contributed by atoms with Crippen molar-refractivity contribution in [3.63, 3.8) is 0 Å². The quantitative estimate of drug-likeness (QED) is 0.154. The number of hydrogen-bond donors (Lipinski definition) is 3. The molecule has 0 saturated heterocycles. The average Bonchev–Trinajstić information content (AvgIpc) is 3.61. The van der Waals surface area contributed by atoms with E-state index in [4.69, 9.17) is 21.3 Å². The van der Waals surface area contributed by atoms with Crippen LogP contribution in [0.3, 0.4) is 0 Å². The van der Waals surface area contributed by atoms with Crippen molar-refractivity contribution in [3.8, 4) is 11.4 Å². The van der Waals surface area contributed by atoms with Gasteiger partial charge in [-0.1, -0.05) is 23.7 Å². The summed E-state index contributed by atoms with van der Waals surface area (Å²) >= 11 is 7.75. The minimum atomic E-state index is -2.54. The highest BCUT2D eigenvalue weighted by Crippen LogP contribution is 2.34. The van der Waals surface area contributed by atoms with Gasteiger partial charge >= 0.3 is 0 Å². The van der Waals surface area contributed by atoms with Gasteiger partial charge in [-0.2, -0.15) is 0 Å². The van der Waals surface area contributed by atoms with Crippen LogP contribution in [-0.2, 0) is 4.79 Å². The van der Waals surface area contributed by atoms with Crippen LogP contribution in [0.15, 0.2) is 71.0 Å². The van der Waals surface area contributed by atoms with Crippen molar-refractivity contribution >= 4 is 64.1 Å². The Morgan fingerprint density at radius 2 is 1.80 bits per heavy atom. The molecule has 1 unspecified atom stereocenters. The van der Waals surface area contributed by atoms with Gasteiger partial charge < -0.3 is 20.2 Å². The summed E-state index contributed by atoms with van der Waals surface area (Å²) in [5, 5.41) is 18.9. The van der Waals surface area contributed by atoms with Gasteiger partial charge in [0.2, 0.25) is 14.2 Å². The number of carbonyl (C=O) groups excluding carboxylic acids is 2. The highest BCUT2D eigenvalue weighted by molar-refractivity contribution is 7.19. The topological polar surface area (TPSA) is 131 Å². The first-order valence-corrected chi connectivity index (χ1v) is 19.0. The molecule has 236 valence electrons. The Morgan fingerprint density at radius 3 is 2.54 bits per heavy atom.